The van der Waals surface area contributed by atoms with E-state index in [4.69, 9.17) is 19.9 Å². The van der Waals surface area contributed by atoms with Crippen molar-refractivity contribution in [2.24, 2.45) is 5.92 Å². The Morgan fingerprint density at radius 3 is 2.81 bits per heavy atom. The van der Waals surface area contributed by atoms with Crippen molar-refractivity contribution in [3.63, 3.8) is 0 Å². The third kappa shape index (κ3) is 3.05. The third-order valence-corrected chi connectivity index (χ3v) is 3.89. The summed E-state index contributed by atoms with van der Waals surface area (Å²) in [4.78, 5) is 12.1. The number of nitrogen functional groups attached to an aromatic ring is 1. The number of carbonyl (C=O) groups is 1. The lowest BCUT2D eigenvalue weighted by atomic mass is 9.80. The number of fused-ring (bicyclic) bond motifs is 1. The molecule has 1 fully saturated rings. The first-order chi connectivity index (χ1) is 10.2. The van der Waals surface area contributed by atoms with Crippen molar-refractivity contribution in [1.29, 1.82) is 0 Å². The van der Waals surface area contributed by atoms with Gasteiger partial charge in [0.1, 0.15) is 0 Å². The van der Waals surface area contributed by atoms with Gasteiger partial charge in [-0.15, -0.1) is 0 Å². The van der Waals surface area contributed by atoms with Crippen LogP contribution in [0.15, 0.2) is 12.1 Å². The monoisotopic (exact) mass is 292 g/mol. The maximum absolute atomic E-state index is 12.1. The summed E-state index contributed by atoms with van der Waals surface area (Å²) in [6.07, 6.45) is 2.73. The zero-order valence-electron chi connectivity index (χ0n) is 12.1. The number of nitrogens with one attached hydrogen (secondary N) is 1. The van der Waals surface area contributed by atoms with Gasteiger partial charge in [0, 0.05) is 25.2 Å². The number of hydrogen-bond acceptors (Lipinski definition) is 5. The van der Waals surface area contributed by atoms with Crippen LogP contribution in [0.1, 0.15) is 26.2 Å². The SMILES string of the molecule is CCOC1CC(CC(=O)Nc2cc3c(cc2N)OCO3)C1. The molecular weight excluding hydrogens is 272 g/mol. The second-order valence-electron chi connectivity index (χ2n) is 5.46. The minimum absolute atomic E-state index is 0.0273. The van der Waals surface area contributed by atoms with Gasteiger partial charge in [-0.3, -0.25) is 4.79 Å². The van der Waals surface area contributed by atoms with Crippen molar-refractivity contribution in [1.82, 2.24) is 0 Å². The summed E-state index contributed by atoms with van der Waals surface area (Å²) in [7, 11) is 0. The van der Waals surface area contributed by atoms with Crippen molar-refractivity contribution < 1.29 is 19.0 Å². The Morgan fingerprint density at radius 1 is 1.38 bits per heavy atom. The average molecular weight is 292 g/mol. The summed E-state index contributed by atoms with van der Waals surface area (Å²) in [6, 6.07) is 3.38. The molecule has 0 spiro atoms. The van der Waals surface area contributed by atoms with Crippen LogP contribution in [0.3, 0.4) is 0 Å². The Morgan fingerprint density at radius 2 is 2.10 bits per heavy atom. The lowest BCUT2D eigenvalue weighted by Gasteiger charge is -2.34. The van der Waals surface area contributed by atoms with Gasteiger partial charge in [0.25, 0.3) is 0 Å². The van der Waals surface area contributed by atoms with Gasteiger partial charge in [-0.1, -0.05) is 0 Å². The van der Waals surface area contributed by atoms with Gasteiger partial charge in [-0.25, -0.2) is 0 Å². The molecule has 1 aliphatic carbocycles. The van der Waals surface area contributed by atoms with E-state index in [-0.39, 0.29) is 12.7 Å². The predicted molar refractivity (Wildman–Crippen MR) is 78.4 cm³/mol. The van der Waals surface area contributed by atoms with Gasteiger partial charge >= 0.3 is 0 Å². The molecule has 1 aromatic carbocycles. The Labute approximate surface area is 123 Å². The lowest BCUT2D eigenvalue weighted by Crippen LogP contribution is -2.33. The van der Waals surface area contributed by atoms with Crippen molar-refractivity contribution >= 4 is 17.3 Å². The molecule has 3 N–H and O–H groups in total. The molecule has 0 radical (unpaired) electrons. The number of amides is 1. The van der Waals surface area contributed by atoms with Gasteiger partial charge in [-0.2, -0.15) is 0 Å². The highest BCUT2D eigenvalue weighted by Crippen LogP contribution is 2.39. The fraction of sp³-hybridized carbons (Fsp3) is 0.533. The molecule has 0 unspecified atom stereocenters. The lowest BCUT2D eigenvalue weighted by molar-refractivity contribution is -0.119. The molecule has 6 nitrogen and oxygen atoms in total. The summed E-state index contributed by atoms with van der Waals surface area (Å²) in [5.41, 5.74) is 6.96. The normalized spacial score (nSPS) is 22.7. The number of ether oxygens (including phenoxy) is 3. The van der Waals surface area contributed by atoms with Crippen molar-refractivity contribution in [2.45, 2.75) is 32.3 Å². The smallest absolute Gasteiger partial charge is 0.231 e. The molecule has 0 saturated heterocycles. The largest absolute Gasteiger partial charge is 0.454 e. The van der Waals surface area contributed by atoms with E-state index in [0.717, 1.165) is 19.4 Å². The highest BCUT2D eigenvalue weighted by atomic mass is 16.7. The Kier molecular flexibility index (Phi) is 3.88. The fourth-order valence-corrected chi connectivity index (χ4v) is 2.74. The van der Waals surface area contributed by atoms with Gasteiger partial charge < -0.3 is 25.3 Å². The maximum atomic E-state index is 12.1. The second-order valence-corrected chi connectivity index (χ2v) is 5.46. The summed E-state index contributed by atoms with van der Waals surface area (Å²) in [5.74, 6) is 1.60. The first kappa shape index (κ1) is 14.0. The quantitative estimate of drug-likeness (QED) is 0.812. The van der Waals surface area contributed by atoms with Gasteiger partial charge in [0.15, 0.2) is 11.5 Å². The van der Waals surface area contributed by atoms with Crippen molar-refractivity contribution in [3.05, 3.63) is 12.1 Å². The van der Waals surface area contributed by atoms with Crippen LogP contribution in [0.5, 0.6) is 11.5 Å². The number of hydrogen-bond donors (Lipinski definition) is 2. The minimum atomic E-state index is -0.0273. The minimum Gasteiger partial charge on any atom is -0.454 e. The third-order valence-electron chi connectivity index (χ3n) is 3.89. The second kappa shape index (κ2) is 5.81. The van der Waals surface area contributed by atoms with Crippen LogP contribution >= 0.6 is 0 Å². The van der Waals surface area contributed by atoms with E-state index in [1.807, 2.05) is 6.92 Å². The van der Waals surface area contributed by atoms with E-state index in [2.05, 4.69) is 5.32 Å². The van der Waals surface area contributed by atoms with Crippen LogP contribution in [0.2, 0.25) is 0 Å². The Balaban J connectivity index is 1.54. The van der Waals surface area contributed by atoms with Crippen LogP contribution in [0.25, 0.3) is 0 Å². The number of rotatable bonds is 5. The molecule has 0 atom stereocenters. The highest BCUT2D eigenvalue weighted by molar-refractivity contribution is 5.94. The van der Waals surface area contributed by atoms with E-state index in [9.17, 15) is 4.79 Å². The van der Waals surface area contributed by atoms with E-state index in [0.29, 0.717) is 41.3 Å². The topological polar surface area (TPSA) is 82.8 Å². The molecule has 1 amide bonds. The average Bonchev–Trinajstić information content (AvgIpc) is 2.84. The maximum Gasteiger partial charge on any atom is 0.231 e. The van der Waals surface area contributed by atoms with Crippen LogP contribution < -0.4 is 20.5 Å². The van der Waals surface area contributed by atoms with Crippen molar-refractivity contribution in [2.75, 3.05) is 24.5 Å². The van der Waals surface area contributed by atoms with Crippen molar-refractivity contribution in [3.8, 4) is 11.5 Å². The Bertz CT molecular complexity index is 541. The molecule has 6 heteroatoms. The van der Waals surface area contributed by atoms with Crippen LogP contribution in [0.4, 0.5) is 11.4 Å². The summed E-state index contributed by atoms with van der Waals surface area (Å²) < 4.78 is 16.0. The van der Waals surface area contributed by atoms with Crippen LogP contribution in [0, 0.1) is 5.92 Å². The van der Waals surface area contributed by atoms with Gasteiger partial charge in [0.05, 0.1) is 17.5 Å². The molecular formula is C15H20N2O4. The van der Waals surface area contributed by atoms with E-state index >= 15 is 0 Å². The molecule has 21 heavy (non-hydrogen) atoms. The predicted octanol–water partition coefficient (Wildman–Crippen LogP) is 2.14. The van der Waals surface area contributed by atoms with Crippen LogP contribution in [-0.2, 0) is 9.53 Å². The number of carbonyl (C=O) groups excluding carboxylic acids is 1. The molecule has 114 valence electrons. The first-order valence-corrected chi connectivity index (χ1v) is 7.26. The summed E-state index contributed by atoms with van der Waals surface area (Å²) in [6.45, 7) is 2.91. The number of nitrogens with two attached hydrogens (primary N) is 1. The number of anilines is 2. The number of benzene rings is 1. The Hall–Kier alpha value is -1.95. The molecule has 2 aliphatic rings. The fourth-order valence-electron chi connectivity index (χ4n) is 2.74. The molecule has 1 saturated carbocycles. The van der Waals surface area contributed by atoms with E-state index in [1.165, 1.54) is 0 Å². The summed E-state index contributed by atoms with van der Waals surface area (Å²) >= 11 is 0. The van der Waals surface area contributed by atoms with Crippen LogP contribution in [-0.4, -0.2) is 25.4 Å². The molecule has 3 rings (SSSR count). The molecule has 0 aromatic heterocycles. The molecule has 0 bridgehead atoms. The highest BCUT2D eigenvalue weighted by Gasteiger charge is 2.31. The van der Waals surface area contributed by atoms with E-state index in [1.54, 1.807) is 12.1 Å². The van der Waals surface area contributed by atoms with E-state index < -0.39 is 0 Å². The van der Waals surface area contributed by atoms with Gasteiger partial charge in [0.2, 0.25) is 12.7 Å². The first-order valence-electron chi connectivity index (χ1n) is 7.26. The van der Waals surface area contributed by atoms with Gasteiger partial charge in [-0.05, 0) is 25.7 Å². The molecule has 1 aromatic rings. The zero-order valence-corrected chi connectivity index (χ0v) is 12.1. The summed E-state index contributed by atoms with van der Waals surface area (Å²) in [5, 5.41) is 2.85. The molecule has 1 aliphatic heterocycles. The zero-order chi connectivity index (χ0) is 14.8. The molecule has 1 heterocycles. The standard InChI is InChI=1S/C15H20N2O4/c1-2-19-10-3-9(4-10)5-15(18)17-12-7-14-13(6-11(12)16)20-8-21-14/h6-7,9-10H,2-5,8,16H2,1H3,(H,17,18).